The highest BCUT2D eigenvalue weighted by Gasteiger charge is 2.31. The maximum absolute atomic E-state index is 13.4. The zero-order valence-corrected chi connectivity index (χ0v) is 20.0. The molecule has 1 N–H and O–H groups in total. The van der Waals surface area contributed by atoms with Crippen molar-refractivity contribution in [3.8, 4) is 5.75 Å². The second-order valence-electron chi connectivity index (χ2n) is 7.51. The van der Waals surface area contributed by atoms with Crippen LogP contribution in [0.4, 0.5) is 5.69 Å². The van der Waals surface area contributed by atoms with Crippen LogP contribution >= 0.6 is 0 Å². The molecule has 9 heteroatoms. The van der Waals surface area contributed by atoms with E-state index in [0.29, 0.717) is 17.9 Å². The van der Waals surface area contributed by atoms with E-state index >= 15 is 0 Å². The number of hydrogen-bond acceptors (Lipinski definition) is 5. The number of hydrogen-bond donors (Lipinski definition) is 1. The molecular weight excluding hydrogens is 430 g/mol. The van der Waals surface area contributed by atoms with Crippen LogP contribution in [0.15, 0.2) is 48.5 Å². The minimum atomic E-state index is -3.73. The van der Waals surface area contributed by atoms with Gasteiger partial charge in [-0.15, -0.1) is 0 Å². The number of benzene rings is 2. The normalized spacial score (nSPS) is 12.0. The highest BCUT2D eigenvalue weighted by atomic mass is 32.2. The van der Waals surface area contributed by atoms with Gasteiger partial charge in [0.25, 0.3) is 0 Å². The highest BCUT2D eigenvalue weighted by Crippen LogP contribution is 2.21. The fraction of sp³-hybridized carbons (Fsp3) is 0.391. The molecule has 1 atom stereocenters. The molecule has 0 bridgehead atoms. The first-order valence-corrected chi connectivity index (χ1v) is 12.1. The van der Waals surface area contributed by atoms with Crippen molar-refractivity contribution < 1.29 is 22.7 Å². The van der Waals surface area contributed by atoms with Gasteiger partial charge in [0, 0.05) is 13.6 Å². The van der Waals surface area contributed by atoms with Crippen LogP contribution in [0.3, 0.4) is 0 Å². The first-order chi connectivity index (χ1) is 15.1. The van der Waals surface area contributed by atoms with E-state index in [1.807, 2.05) is 26.0 Å². The number of carbonyl (C=O) groups excluding carboxylic acids is 2. The Labute approximate surface area is 190 Å². The Morgan fingerprint density at radius 1 is 1.06 bits per heavy atom. The molecule has 8 nitrogen and oxygen atoms in total. The number of carbonyl (C=O) groups is 2. The number of ether oxygens (including phenoxy) is 1. The van der Waals surface area contributed by atoms with Gasteiger partial charge in [-0.05, 0) is 43.2 Å². The monoisotopic (exact) mass is 461 g/mol. The summed E-state index contributed by atoms with van der Waals surface area (Å²) in [6.45, 7) is 3.44. The van der Waals surface area contributed by atoms with E-state index in [4.69, 9.17) is 4.74 Å². The van der Waals surface area contributed by atoms with E-state index in [0.717, 1.165) is 21.7 Å². The second-order valence-corrected chi connectivity index (χ2v) is 9.42. The first kappa shape index (κ1) is 25.2. The van der Waals surface area contributed by atoms with Crippen molar-refractivity contribution in [2.75, 3.05) is 31.3 Å². The summed E-state index contributed by atoms with van der Waals surface area (Å²) in [7, 11) is -0.657. The maximum Gasteiger partial charge on any atom is 0.244 e. The lowest BCUT2D eigenvalue weighted by atomic mass is 10.1. The molecule has 32 heavy (non-hydrogen) atoms. The summed E-state index contributed by atoms with van der Waals surface area (Å²) in [4.78, 5) is 27.3. The van der Waals surface area contributed by atoms with Gasteiger partial charge in [0.15, 0.2) is 0 Å². The zero-order valence-electron chi connectivity index (χ0n) is 19.2. The highest BCUT2D eigenvalue weighted by molar-refractivity contribution is 7.92. The predicted octanol–water partition coefficient (Wildman–Crippen LogP) is 2.32. The smallest absolute Gasteiger partial charge is 0.244 e. The Kier molecular flexibility index (Phi) is 8.65. The third-order valence-electron chi connectivity index (χ3n) is 5.15. The van der Waals surface area contributed by atoms with Crippen LogP contribution in [0.1, 0.15) is 24.5 Å². The van der Waals surface area contributed by atoms with Crippen molar-refractivity contribution in [1.82, 2.24) is 10.2 Å². The molecule has 174 valence electrons. The zero-order chi connectivity index (χ0) is 23.9. The van der Waals surface area contributed by atoms with Crippen LogP contribution in [0.2, 0.25) is 0 Å². The number of amides is 2. The first-order valence-electron chi connectivity index (χ1n) is 10.3. The van der Waals surface area contributed by atoms with Gasteiger partial charge in [-0.1, -0.05) is 36.8 Å². The largest absolute Gasteiger partial charge is 0.497 e. The van der Waals surface area contributed by atoms with Gasteiger partial charge < -0.3 is 15.0 Å². The quantitative estimate of drug-likeness (QED) is 0.586. The fourth-order valence-electron chi connectivity index (χ4n) is 3.34. The van der Waals surface area contributed by atoms with Gasteiger partial charge in [0.05, 0.1) is 19.1 Å². The minimum Gasteiger partial charge on any atom is -0.497 e. The molecular formula is C23H31N3O5S. The average Bonchev–Trinajstić information content (AvgIpc) is 2.77. The maximum atomic E-state index is 13.4. The molecule has 2 amide bonds. The van der Waals surface area contributed by atoms with Crippen LogP contribution in [0.5, 0.6) is 5.75 Å². The predicted molar refractivity (Wildman–Crippen MR) is 125 cm³/mol. The molecule has 0 aliphatic carbocycles. The number of nitrogens with one attached hydrogen (secondary N) is 1. The number of anilines is 1. The molecule has 0 fully saturated rings. The summed E-state index contributed by atoms with van der Waals surface area (Å²) in [6, 6.07) is 13.3. The molecule has 0 radical (unpaired) electrons. The molecule has 0 aliphatic rings. The summed E-state index contributed by atoms with van der Waals surface area (Å²) < 4.78 is 31.2. The number of rotatable bonds is 10. The Bertz CT molecular complexity index is 1020. The van der Waals surface area contributed by atoms with Gasteiger partial charge in [0.1, 0.15) is 18.3 Å². The van der Waals surface area contributed by atoms with Crippen LogP contribution in [-0.4, -0.2) is 58.1 Å². The number of aryl methyl sites for hydroxylation is 1. The average molecular weight is 462 g/mol. The summed E-state index contributed by atoms with van der Waals surface area (Å²) in [6.07, 6.45) is 1.44. The van der Waals surface area contributed by atoms with Crippen LogP contribution in [-0.2, 0) is 26.2 Å². The summed E-state index contributed by atoms with van der Waals surface area (Å²) >= 11 is 0. The minimum absolute atomic E-state index is 0.153. The lowest BCUT2D eigenvalue weighted by Gasteiger charge is -2.32. The molecule has 0 saturated heterocycles. The van der Waals surface area contributed by atoms with E-state index in [1.54, 1.807) is 43.5 Å². The summed E-state index contributed by atoms with van der Waals surface area (Å²) in [5, 5.41) is 2.59. The van der Waals surface area contributed by atoms with E-state index in [1.165, 1.54) is 11.9 Å². The van der Waals surface area contributed by atoms with Gasteiger partial charge in [-0.2, -0.15) is 0 Å². The van der Waals surface area contributed by atoms with Gasteiger partial charge >= 0.3 is 0 Å². The summed E-state index contributed by atoms with van der Waals surface area (Å²) in [5.41, 5.74) is 2.16. The van der Waals surface area contributed by atoms with Crippen molar-refractivity contribution in [3.05, 3.63) is 59.7 Å². The Morgan fingerprint density at radius 2 is 1.66 bits per heavy atom. The Morgan fingerprint density at radius 3 is 2.12 bits per heavy atom. The lowest BCUT2D eigenvalue weighted by Crippen LogP contribution is -2.51. The molecule has 0 unspecified atom stereocenters. The van der Waals surface area contributed by atoms with Crippen LogP contribution in [0.25, 0.3) is 0 Å². The fourth-order valence-corrected chi connectivity index (χ4v) is 4.19. The van der Waals surface area contributed by atoms with Crippen molar-refractivity contribution in [1.29, 1.82) is 0 Å². The van der Waals surface area contributed by atoms with E-state index in [-0.39, 0.29) is 12.5 Å². The number of sulfonamides is 1. The third kappa shape index (κ3) is 6.46. The summed E-state index contributed by atoms with van der Waals surface area (Å²) in [5.74, 6) is -0.106. The molecule has 0 aromatic heterocycles. The third-order valence-corrected chi connectivity index (χ3v) is 6.29. The van der Waals surface area contributed by atoms with Crippen molar-refractivity contribution in [3.63, 3.8) is 0 Å². The number of methoxy groups -OCH3 is 1. The molecule has 2 aromatic rings. The van der Waals surface area contributed by atoms with E-state index in [9.17, 15) is 18.0 Å². The lowest BCUT2D eigenvalue weighted by molar-refractivity contribution is -0.140. The SMILES string of the molecule is CC[C@@H](C(=O)NC)N(Cc1ccc(OC)cc1)C(=O)CN(c1ccc(C)cc1)S(C)(=O)=O. The number of likely N-dealkylation sites (N-methyl/N-ethyl adjacent to an activating group) is 1. The molecule has 0 spiro atoms. The van der Waals surface area contributed by atoms with E-state index < -0.39 is 28.5 Å². The van der Waals surface area contributed by atoms with Crippen molar-refractivity contribution >= 4 is 27.5 Å². The second kappa shape index (κ2) is 11.0. The Balaban J connectivity index is 2.39. The number of nitrogens with zero attached hydrogens (tertiary/aromatic N) is 2. The molecule has 0 heterocycles. The molecule has 2 aromatic carbocycles. The van der Waals surface area contributed by atoms with Gasteiger partial charge in [-0.3, -0.25) is 13.9 Å². The van der Waals surface area contributed by atoms with Gasteiger partial charge in [0.2, 0.25) is 21.8 Å². The molecule has 0 saturated carbocycles. The van der Waals surface area contributed by atoms with Gasteiger partial charge in [-0.25, -0.2) is 8.42 Å². The van der Waals surface area contributed by atoms with Crippen LogP contribution < -0.4 is 14.4 Å². The Hall–Kier alpha value is -3.07. The standard InChI is InChI=1S/C23H31N3O5S/c1-6-21(23(28)24-3)25(15-18-9-13-20(31-4)14-10-18)22(27)16-26(32(5,29)30)19-11-7-17(2)8-12-19/h7-14,21H,6,15-16H2,1-5H3,(H,24,28)/t21-/m0/s1. The molecule has 0 aliphatic heterocycles. The molecule has 2 rings (SSSR count). The van der Waals surface area contributed by atoms with E-state index in [2.05, 4.69) is 5.32 Å². The van der Waals surface area contributed by atoms with Crippen LogP contribution in [0, 0.1) is 6.92 Å². The van der Waals surface area contributed by atoms with Crippen molar-refractivity contribution in [2.24, 2.45) is 0 Å². The topological polar surface area (TPSA) is 96.0 Å². The van der Waals surface area contributed by atoms with Crippen molar-refractivity contribution in [2.45, 2.75) is 32.9 Å².